The lowest BCUT2D eigenvalue weighted by molar-refractivity contribution is -0.124. The first kappa shape index (κ1) is 24.0. The maximum atomic E-state index is 14.0. The van der Waals surface area contributed by atoms with E-state index in [0.717, 1.165) is 6.54 Å². The van der Waals surface area contributed by atoms with Crippen LogP contribution in [-0.4, -0.2) is 67.8 Å². The van der Waals surface area contributed by atoms with E-state index in [4.69, 9.17) is 17.0 Å². The van der Waals surface area contributed by atoms with Gasteiger partial charge in [0.15, 0.2) is 5.11 Å². The number of hydrogen-bond acceptors (Lipinski definition) is 4. The van der Waals surface area contributed by atoms with Crippen LogP contribution in [0.5, 0.6) is 0 Å². The van der Waals surface area contributed by atoms with Crippen molar-refractivity contribution in [2.75, 3.05) is 39.9 Å². The van der Waals surface area contributed by atoms with Crippen LogP contribution in [0.15, 0.2) is 24.3 Å². The SMILES string of the molecule is CCNC(=S)N1CCC([C@@H](NC(=O)c2ccccc2F)C(=O)NCCCOC)CC1. The summed E-state index contributed by atoms with van der Waals surface area (Å²) in [6.07, 6.45) is 2.06. The second-order valence-corrected chi connectivity index (χ2v) is 7.62. The number of hydrogen-bond donors (Lipinski definition) is 3. The number of benzene rings is 1. The number of nitrogens with zero attached hydrogens (tertiary/aromatic N) is 1. The minimum absolute atomic E-state index is 0.0659. The highest BCUT2D eigenvalue weighted by atomic mass is 32.1. The van der Waals surface area contributed by atoms with Gasteiger partial charge in [-0.3, -0.25) is 9.59 Å². The molecular weight excluding hydrogens is 407 g/mol. The lowest BCUT2D eigenvalue weighted by atomic mass is 9.88. The van der Waals surface area contributed by atoms with Gasteiger partial charge in [0.05, 0.1) is 5.56 Å². The van der Waals surface area contributed by atoms with Crippen LogP contribution in [0.1, 0.15) is 36.5 Å². The molecule has 1 aromatic rings. The van der Waals surface area contributed by atoms with Crippen LogP contribution in [0.4, 0.5) is 4.39 Å². The second kappa shape index (κ2) is 12.4. The van der Waals surface area contributed by atoms with Crippen LogP contribution in [0, 0.1) is 11.7 Å². The molecule has 0 radical (unpaired) electrons. The summed E-state index contributed by atoms with van der Waals surface area (Å²) in [6, 6.07) is 5.02. The molecule has 0 aliphatic carbocycles. The number of piperidine rings is 1. The monoisotopic (exact) mass is 438 g/mol. The van der Waals surface area contributed by atoms with Gasteiger partial charge in [-0.15, -0.1) is 0 Å². The molecule has 1 saturated heterocycles. The Bertz CT molecular complexity index is 726. The predicted octanol–water partition coefficient (Wildman–Crippen LogP) is 1.68. The molecule has 0 unspecified atom stereocenters. The smallest absolute Gasteiger partial charge is 0.254 e. The fourth-order valence-corrected chi connectivity index (χ4v) is 3.83. The van der Waals surface area contributed by atoms with Gasteiger partial charge in [0.25, 0.3) is 5.91 Å². The van der Waals surface area contributed by atoms with Gasteiger partial charge >= 0.3 is 0 Å². The summed E-state index contributed by atoms with van der Waals surface area (Å²) in [5.74, 6) is -1.52. The van der Waals surface area contributed by atoms with Crippen LogP contribution < -0.4 is 16.0 Å². The Hall–Kier alpha value is -2.26. The van der Waals surface area contributed by atoms with Crippen molar-refractivity contribution in [1.29, 1.82) is 0 Å². The summed E-state index contributed by atoms with van der Waals surface area (Å²) >= 11 is 5.37. The van der Waals surface area contributed by atoms with Gasteiger partial charge in [-0.05, 0) is 56.5 Å². The van der Waals surface area contributed by atoms with E-state index in [9.17, 15) is 14.0 Å². The van der Waals surface area contributed by atoms with E-state index in [1.807, 2.05) is 6.92 Å². The quantitative estimate of drug-likeness (QED) is 0.402. The molecule has 30 heavy (non-hydrogen) atoms. The van der Waals surface area contributed by atoms with E-state index in [-0.39, 0.29) is 17.4 Å². The molecule has 2 amide bonds. The maximum Gasteiger partial charge on any atom is 0.254 e. The summed E-state index contributed by atoms with van der Waals surface area (Å²) < 4.78 is 19.0. The average Bonchev–Trinajstić information content (AvgIpc) is 2.75. The molecule has 0 spiro atoms. The third-order valence-corrected chi connectivity index (χ3v) is 5.54. The Balaban J connectivity index is 2.06. The Morgan fingerprint density at radius 3 is 2.60 bits per heavy atom. The van der Waals surface area contributed by atoms with Crippen LogP contribution in [0.3, 0.4) is 0 Å². The third kappa shape index (κ3) is 6.91. The summed E-state index contributed by atoms with van der Waals surface area (Å²) in [7, 11) is 1.60. The number of halogens is 1. The largest absolute Gasteiger partial charge is 0.385 e. The first-order valence-electron chi connectivity index (χ1n) is 10.3. The minimum atomic E-state index is -0.741. The highest BCUT2D eigenvalue weighted by molar-refractivity contribution is 7.80. The summed E-state index contributed by atoms with van der Waals surface area (Å²) in [5, 5.41) is 9.46. The molecule has 9 heteroatoms. The molecular formula is C21H31FN4O3S. The number of rotatable bonds is 9. The van der Waals surface area contributed by atoms with E-state index in [1.165, 1.54) is 18.2 Å². The zero-order valence-corrected chi connectivity index (χ0v) is 18.4. The number of nitrogens with one attached hydrogen (secondary N) is 3. The van der Waals surface area contributed by atoms with Crippen molar-refractivity contribution in [2.24, 2.45) is 5.92 Å². The standard InChI is InChI=1S/C21H31FN4O3S/c1-3-23-21(30)26-12-9-15(10-13-26)18(20(28)24-11-6-14-29-2)25-19(27)16-7-4-5-8-17(16)22/h4-5,7-8,15,18H,3,6,9-14H2,1-2H3,(H,23,30)(H,24,28)(H,25,27)/t18-/m1/s1. The molecule has 1 aliphatic rings. The van der Waals surface area contributed by atoms with Crippen molar-refractivity contribution in [3.8, 4) is 0 Å². The zero-order valence-electron chi connectivity index (χ0n) is 17.6. The number of carbonyl (C=O) groups excluding carboxylic acids is 2. The van der Waals surface area contributed by atoms with Crippen LogP contribution in [0.25, 0.3) is 0 Å². The summed E-state index contributed by atoms with van der Waals surface area (Å²) in [4.78, 5) is 27.6. The van der Waals surface area contributed by atoms with Gasteiger partial charge in [-0.1, -0.05) is 12.1 Å². The van der Waals surface area contributed by atoms with Crippen LogP contribution in [0.2, 0.25) is 0 Å². The van der Waals surface area contributed by atoms with E-state index >= 15 is 0 Å². The molecule has 0 bridgehead atoms. The summed E-state index contributed by atoms with van der Waals surface area (Å²) in [6.45, 7) is 5.11. The normalized spacial score (nSPS) is 15.4. The topological polar surface area (TPSA) is 82.7 Å². The fourth-order valence-electron chi connectivity index (χ4n) is 3.50. The van der Waals surface area contributed by atoms with Gasteiger partial charge in [0.2, 0.25) is 5.91 Å². The van der Waals surface area contributed by atoms with Gasteiger partial charge in [0.1, 0.15) is 11.9 Å². The van der Waals surface area contributed by atoms with Crippen molar-refractivity contribution in [1.82, 2.24) is 20.9 Å². The Labute approximate surface area is 182 Å². The number of carbonyl (C=O) groups is 2. The van der Waals surface area contributed by atoms with E-state index in [1.54, 1.807) is 13.2 Å². The molecule has 0 aromatic heterocycles. The van der Waals surface area contributed by atoms with Crippen molar-refractivity contribution in [3.63, 3.8) is 0 Å². The maximum absolute atomic E-state index is 14.0. The third-order valence-electron chi connectivity index (χ3n) is 5.14. The molecule has 166 valence electrons. The average molecular weight is 439 g/mol. The van der Waals surface area contributed by atoms with E-state index < -0.39 is 17.8 Å². The second-order valence-electron chi connectivity index (χ2n) is 7.23. The van der Waals surface area contributed by atoms with Gasteiger partial charge in [-0.2, -0.15) is 0 Å². The number of ether oxygens (including phenoxy) is 1. The number of methoxy groups -OCH3 is 1. The van der Waals surface area contributed by atoms with E-state index in [0.29, 0.717) is 50.6 Å². The van der Waals surface area contributed by atoms with E-state index in [2.05, 4.69) is 20.9 Å². The highest BCUT2D eigenvalue weighted by Gasteiger charge is 2.33. The van der Waals surface area contributed by atoms with Crippen LogP contribution >= 0.6 is 12.2 Å². The molecule has 3 N–H and O–H groups in total. The van der Waals surface area contributed by atoms with Gasteiger partial charge in [-0.25, -0.2) is 4.39 Å². The van der Waals surface area contributed by atoms with Gasteiger partial charge in [0, 0.05) is 39.9 Å². The first-order valence-corrected chi connectivity index (χ1v) is 10.7. The Morgan fingerprint density at radius 1 is 1.27 bits per heavy atom. The zero-order chi connectivity index (χ0) is 21.9. The molecule has 1 heterocycles. The lowest BCUT2D eigenvalue weighted by Gasteiger charge is -2.37. The Kier molecular flexibility index (Phi) is 9.96. The lowest BCUT2D eigenvalue weighted by Crippen LogP contribution is -2.54. The Morgan fingerprint density at radius 2 is 1.97 bits per heavy atom. The van der Waals surface area contributed by atoms with Crippen molar-refractivity contribution in [3.05, 3.63) is 35.6 Å². The van der Waals surface area contributed by atoms with Gasteiger partial charge < -0.3 is 25.6 Å². The molecule has 1 aliphatic heterocycles. The van der Waals surface area contributed by atoms with Crippen molar-refractivity contribution >= 4 is 29.1 Å². The number of likely N-dealkylation sites (tertiary alicyclic amines) is 1. The number of thiocarbonyl (C=S) groups is 1. The van der Waals surface area contributed by atoms with Crippen molar-refractivity contribution < 1.29 is 18.7 Å². The first-order chi connectivity index (χ1) is 14.5. The molecule has 2 rings (SSSR count). The molecule has 1 fully saturated rings. The molecule has 0 saturated carbocycles. The minimum Gasteiger partial charge on any atom is -0.385 e. The number of amides is 2. The fraction of sp³-hybridized carbons (Fsp3) is 0.571. The summed E-state index contributed by atoms with van der Waals surface area (Å²) in [5.41, 5.74) is -0.0690. The van der Waals surface area contributed by atoms with Crippen molar-refractivity contribution in [2.45, 2.75) is 32.2 Å². The molecule has 7 nitrogen and oxygen atoms in total. The molecule has 1 atom stereocenters. The van der Waals surface area contributed by atoms with Crippen LogP contribution in [-0.2, 0) is 9.53 Å². The highest BCUT2D eigenvalue weighted by Crippen LogP contribution is 2.22. The molecule has 1 aromatic carbocycles. The predicted molar refractivity (Wildman–Crippen MR) is 118 cm³/mol.